The van der Waals surface area contributed by atoms with Gasteiger partial charge >= 0.3 is 6.03 Å². The molecule has 1 saturated heterocycles. The van der Waals surface area contributed by atoms with Gasteiger partial charge in [-0.2, -0.15) is 0 Å². The fourth-order valence-electron chi connectivity index (χ4n) is 1.24. The molecule has 7 heteroatoms. The van der Waals surface area contributed by atoms with Gasteiger partial charge < -0.3 is 10.1 Å². The third-order valence-electron chi connectivity index (χ3n) is 1.80. The maximum atomic E-state index is 11.3. The Morgan fingerprint density at radius 2 is 2.36 bits per heavy atom. The van der Waals surface area contributed by atoms with Crippen LogP contribution in [0.1, 0.15) is 6.92 Å². The molecule has 1 fully saturated rings. The molecule has 6 nitrogen and oxygen atoms in total. The smallest absolute Gasteiger partial charge is 0.323 e. The predicted octanol–water partition coefficient (Wildman–Crippen LogP) is -0.340. The Morgan fingerprint density at radius 1 is 1.57 bits per heavy atom. The van der Waals surface area contributed by atoms with E-state index in [9.17, 15) is 9.59 Å². The average molecular weight is 215 g/mol. The van der Waals surface area contributed by atoms with Gasteiger partial charge in [-0.25, -0.2) is 9.79 Å². The van der Waals surface area contributed by atoms with E-state index >= 15 is 0 Å². The van der Waals surface area contributed by atoms with Crippen LogP contribution in [0.4, 0.5) is 4.79 Å². The maximum Gasteiger partial charge on any atom is 0.323 e. The van der Waals surface area contributed by atoms with Crippen LogP contribution in [0.5, 0.6) is 0 Å². The topological polar surface area (TPSA) is 79.8 Å². The standard InChI is InChI=1S/C7H9N3O3S/c1-2-13-7-9-4-3(14-7)5(11)10-6(12)8-4/h3-4H,2H2,1H3,(H2,8,10,11,12). The summed E-state index contributed by atoms with van der Waals surface area (Å²) in [6.07, 6.45) is -0.484. The molecule has 2 rings (SSSR count). The molecule has 0 aliphatic carbocycles. The molecular formula is C7H9N3O3S. The van der Waals surface area contributed by atoms with Gasteiger partial charge in [-0.15, -0.1) is 0 Å². The predicted molar refractivity (Wildman–Crippen MR) is 50.9 cm³/mol. The molecule has 2 N–H and O–H groups in total. The Kier molecular flexibility index (Phi) is 2.32. The zero-order valence-corrected chi connectivity index (χ0v) is 8.26. The first kappa shape index (κ1) is 9.32. The van der Waals surface area contributed by atoms with E-state index in [2.05, 4.69) is 15.6 Å². The third-order valence-corrected chi connectivity index (χ3v) is 2.95. The molecule has 0 radical (unpaired) electrons. The molecule has 2 heterocycles. The van der Waals surface area contributed by atoms with E-state index in [1.165, 1.54) is 11.8 Å². The van der Waals surface area contributed by atoms with Crippen LogP contribution in [0.25, 0.3) is 0 Å². The lowest BCUT2D eigenvalue weighted by Crippen LogP contribution is -2.57. The minimum Gasteiger partial charge on any atom is -0.473 e. The van der Waals surface area contributed by atoms with Gasteiger partial charge in [-0.3, -0.25) is 10.1 Å². The number of hydrogen-bond donors (Lipinski definition) is 2. The highest BCUT2D eigenvalue weighted by Gasteiger charge is 2.41. The minimum absolute atomic E-state index is 0.317. The van der Waals surface area contributed by atoms with Crippen molar-refractivity contribution in [3.05, 3.63) is 0 Å². The summed E-state index contributed by atoms with van der Waals surface area (Å²) < 4.78 is 5.16. The van der Waals surface area contributed by atoms with Gasteiger partial charge in [0, 0.05) is 0 Å². The van der Waals surface area contributed by atoms with Crippen molar-refractivity contribution < 1.29 is 14.3 Å². The number of nitrogens with zero attached hydrogens (tertiary/aromatic N) is 1. The van der Waals surface area contributed by atoms with Gasteiger partial charge in [-0.1, -0.05) is 11.8 Å². The number of carbonyl (C=O) groups is 2. The van der Waals surface area contributed by atoms with E-state index in [-0.39, 0.29) is 5.91 Å². The molecule has 0 saturated carbocycles. The highest BCUT2D eigenvalue weighted by atomic mass is 32.2. The van der Waals surface area contributed by atoms with E-state index in [1.807, 2.05) is 6.92 Å². The molecule has 3 amide bonds. The van der Waals surface area contributed by atoms with Crippen LogP contribution < -0.4 is 10.6 Å². The van der Waals surface area contributed by atoms with Crippen LogP contribution in [0.15, 0.2) is 4.99 Å². The molecule has 14 heavy (non-hydrogen) atoms. The van der Waals surface area contributed by atoms with Crippen molar-refractivity contribution in [2.45, 2.75) is 18.3 Å². The fourth-order valence-corrected chi connectivity index (χ4v) is 2.24. The largest absolute Gasteiger partial charge is 0.473 e. The number of aliphatic imine (C=N–C) groups is 1. The van der Waals surface area contributed by atoms with Gasteiger partial charge in [0.2, 0.25) is 11.1 Å². The summed E-state index contributed by atoms with van der Waals surface area (Å²) in [5, 5.41) is 4.78. The van der Waals surface area contributed by atoms with Crippen molar-refractivity contribution >= 4 is 28.9 Å². The highest BCUT2D eigenvalue weighted by Crippen LogP contribution is 2.27. The first-order valence-corrected chi connectivity index (χ1v) is 5.07. The molecule has 0 aromatic carbocycles. The van der Waals surface area contributed by atoms with Crippen LogP contribution in [0, 0.1) is 0 Å². The van der Waals surface area contributed by atoms with Gasteiger partial charge in [0.05, 0.1) is 6.61 Å². The van der Waals surface area contributed by atoms with Crippen LogP contribution in [-0.4, -0.2) is 35.2 Å². The Labute approximate surface area is 84.5 Å². The first-order chi connectivity index (χ1) is 6.70. The second-order valence-electron chi connectivity index (χ2n) is 2.77. The van der Waals surface area contributed by atoms with E-state index < -0.39 is 17.4 Å². The normalized spacial score (nSPS) is 30.2. The summed E-state index contributed by atoms with van der Waals surface area (Å²) in [6.45, 7) is 2.34. The van der Waals surface area contributed by atoms with Crippen molar-refractivity contribution in [3.8, 4) is 0 Å². The number of fused-ring (bicyclic) bond motifs is 1. The summed E-state index contributed by atoms with van der Waals surface area (Å²) in [5.41, 5.74) is 0. The molecule has 0 spiro atoms. The van der Waals surface area contributed by atoms with Gasteiger partial charge in [0.15, 0.2) is 0 Å². The zero-order valence-electron chi connectivity index (χ0n) is 7.44. The Bertz CT molecular complexity index is 317. The van der Waals surface area contributed by atoms with Gasteiger partial charge in [-0.05, 0) is 6.92 Å². The molecule has 0 bridgehead atoms. The highest BCUT2D eigenvalue weighted by molar-refractivity contribution is 8.15. The third kappa shape index (κ3) is 1.54. The molecule has 2 aliphatic rings. The molecule has 76 valence electrons. The number of carbonyl (C=O) groups excluding carboxylic acids is 2. The second-order valence-corrected chi connectivity index (χ2v) is 3.87. The minimum atomic E-state index is -0.502. The monoisotopic (exact) mass is 215 g/mol. The maximum absolute atomic E-state index is 11.3. The zero-order chi connectivity index (χ0) is 10.1. The summed E-state index contributed by atoms with van der Waals surface area (Å²) in [5.74, 6) is -0.317. The molecule has 2 unspecified atom stereocenters. The number of rotatable bonds is 1. The summed E-state index contributed by atoms with van der Waals surface area (Å²) in [7, 11) is 0. The number of ether oxygens (including phenoxy) is 1. The van der Waals surface area contributed by atoms with Crippen molar-refractivity contribution in [2.24, 2.45) is 4.99 Å². The average Bonchev–Trinajstić information content (AvgIpc) is 2.48. The van der Waals surface area contributed by atoms with Crippen LogP contribution in [0.3, 0.4) is 0 Å². The summed E-state index contributed by atoms with van der Waals surface area (Å²) in [6, 6.07) is -0.502. The van der Waals surface area contributed by atoms with Crippen LogP contribution in [0.2, 0.25) is 0 Å². The van der Waals surface area contributed by atoms with Crippen molar-refractivity contribution in [3.63, 3.8) is 0 Å². The SMILES string of the molecule is CCOC1=NC2NC(=O)NC(=O)C2S1. The second kappa shape index (κ2) is 3.49. The van der Waals surface area contributed by atoms with Gasteiger partial charge in [0.25, 0.3) is 0 Å². The number of hydrogen-bond acceptors (Lipinski definition) is 5. The van der Waals surface area contributed by atoms with Crippen molar-refractivity contribution in [2.75, 3.05) is 6.61 Å². The molecular weight excluding hydrogens is 206 g/mol. The van der Waals surface area contributed by atoms with E-state index in [1.54, 1.807) is 0 Å². The lowest BCUT2D eigenvalue weighted by Gasteiger charge is -2.22. The number of thioether (sulfide) groups is 1. The Balaban J connectivity index is 2.10. The van der Waals surface area contributed by atoms with E-state index in [0.717, 1.165) is 0 Å². The van der Waals surface area contributed by atoms with Gasteiger partial charge in [0.1, 0.15) is 11.4 Å². The molecule has 2 atom stereocenters. The number of nitrogens with one attached hydrogen (secondary N) is 2. The van der Waals surface area contributed by atoms with E-state index in [4.69, 9.17) is 4.74 Å². The van der Waals surface area contributed by atoms with Crippen LogP contribution in [-0.2, 0) is 9.53 Å². The lowest BCUT2D eigenvalue weighted by atomic mass is 10.3. The Hall–Kier alpha value is -1.24. The number of urea groups is 1. The molecule has 0 aromatic heterocycles. The first-order valence-electron chi connectivity index (χ1n) is 4.19. The van der Waals surface area contributed by atoms with Crippen molar-refractivity contribution in [1.82, 2.24) is 10.6 Å². The molecule has 0 aromatic rings. The number of imide groups is 1. The van der Waals surface area contributed by atoms with Crippen LogP contribution >= 0.6 is 11.8 Å². The fraction of sp³-hybridized carbons (Fsp3) is 0.571. The lowest BCUT2D eigenvalue weighted by molar-refractivity contribution is -0.120. The quantitative estimate of drug-likeness (QED) is 0.627. The van der Waals surface area contributed by atoms with Crippen molar-refractivity contribution in [1.29, 1.82) is 0 Å². The summed E-state index contributed by atoms with van der Waals surface area (Å²) in [4.78, 5) is 26.3. The molecule has 2 aliphatic heterocycles. The summed E-state index contributed by atoms with van der Waals surface area (Å²) >= 11 is 1.23. The number of amides is 3. The Morgan fingerprint density at radius 3 is 3.07 bits per heavy atom. The van der Waals surface area contributed by atoms with E-state index in [0.29, 0.717) is 11.8 Å².